The van der Waals surface area contributed by atoms with Crippen molar-refractivity contribution in [2.75, 3.05) is 13.7 Å². The molecule has 0 spiro atoms. The highest BCUT2D eigenvalue weighted by Gasteiger charge is 2.12. The van der Waals surface area contributed by atoms with Crippen molar-refractivity contribution in [3.63, 3.8) is 0 Å². The lowest BCUT2D eigenvalue weighted by Gasteiger charge is -2.20. The molecule has 0 bridgehead atoms. The molecule has 0 radical (unpaired) electrons. The second-order valence-electron chi connectivity index (χ2n) is 3.70. The molecule has 5 heteroatoms. The van der Waals surface area contributed by atoms with E-state index in [0.29, 0.717) is 5.76 Å². The molecule has 1 aliphatic heterocycles. The smallest absolute Gasteiger partial charge is 0.325 e. The van der Waals surface area contributed by atoms with Crippen LogP contribution in [0.25, 0.3) is 5.76 Å². The van der Waals surface area contributed by atoms with Crippen LogP contribution in [0.1, 0.15) is 5.56 Å². The maximum absolute atomic E-state index is 11.2. The van der Waals surface area contributed by atoms with Gasteiger partial charge in [-0.05, 0) is 12.1 Å². The normalized spacial score (nSPS) is 13.8. The Morgan fingerprint density at radius 2 is 2.33 bits per heavy atom. The molecule has 0 aromatic heterocycles. The topological polar surface area (TPSA) is 59.0 Å². The molecule has 18 heavy (non-hydrogen) atoms. The molecule has 1 aromatic carbocycles. The van der Waals surface area contributed by atoms with Crippen molar-refractivity contribution in [3.05, 3.63) is 48.5 Å². The molecular formula is C13H13NO4. The number of nitrogens with zero attached hydrogens (tertiary/aromatic N) is 1. The fraction of sp³-hybridized carbons (Fsp3) is 0.154. The van der Waals surface area contributed by atoms with E-state index in [4.69, 9.17) is 4.74 Å². The van der Waals surface area contributed by atoms with Crippen molar-refractivity contribution in [1.29, 1.82) is 0 Å². The molecule has 0 fully saturated rings. The summed E-state index contributed by atoms with van der Waals surface area (Å²) in [6.07, 6.45) is 4.78. The van der Waals surface area contributed by atoms with Gasteiger partial charge in [0.1, 0.15) is 24.3 Å². The molecule has 1 aromatic rings. The van der Waals surface area contributed by atoms with Crippen LogP contribution in [-0.2, 0) is 14.3 Å². The van der Waals surface area contributed by atoms with Crippen LogP contribution in [0.4, 0.5) is 0 Å². The first-order valence-corrected chi connectivity index (χ1v) is 5.36. The van der Waals surface area contributed by atoms with E-state index in [1.807, 2.05) is 0 Å². The molecule has 1 heterocycles. The number of phenols is 1. The molecule has 94 valence electrons. The van der Waals surface area contributed by atoms with E-state index in [2.05, 4.69) is 4.74 Å². The van der Waals surface area contributed by atoms with E-state index in [9.17, 15) is 9.90 Å². The molecule has 0 aliphatic carbocycles. The Kier molecular flexibility index (Phi) is 3.52. The zero-order valence-electron chi connectivity index (χ0n) is 9.87. The summed E-state index contributed by atoms with van der Waals surface area (Å²) in [7, 11) is 1.34. The van der Waals surface area contributed by atoms with Crippen molar-refractivity contribution in [2.24, 2.45) is 0 Å². The van der Waals surface area contributed by atoms with Gasteiger partial charge in [0.05, 0.1) is 7.11 Å². The summed E-state index contributed by atoms with van der Waals surface area (Å²) >= 11 is 0. The van der Waals surface area contributed by atoms with E-state index in [0.717, 1.165) is 5.56 Å². The van der Waals surface area contributed by atoms with E-state index in [1.165, 1.54) is 13.4 Å². The highest BCUT2D eigenvalue weighted by atomic mass is 16.5. The minimum atomic E-state index is -0.340. The maximum Gasteiger partial charge on any atom is 0.325 e. The molecule has 1 aliphatic rings. The Bertz CT molecular complexity index is 507. The summed E-state index contributed by atoms with van der Waals surface area (Å²) in [6.45, 7) is 0.110. The molecule has 1 N–H and O–H groups in total. The predicted molar refractivity (Wildman–Crippen MR) is 65.0 cm³/mol. The first-order valence-electron chi connectivity index (χ1n) is 5.36. The molecule has 0 saturated heterocycles. The Morgan fingerprint density at radius 3 is 3.06 bits per heavy atom. The lowest BCUT2D eigenvalue weighted by atomic mass is 10.2. The van der Waals surface area contributed by atoms with Crippen LogP contribution in [0, 0.1) is 0 Å². The van der Waals surface area contributed by atoms with Gasteiger partial charge in [-0.2, -0.15) is 0 Å². The van der Waals surface area contributed by atoms with Gasteiger partial charge in [-0.3, -0.25) is 4.79 Å². The number of phenolic OH excluding ortho intramolecular Hbond substituents is 1. The number of esters is 1. The first-order chi connectivity index (χ1) is 8.69. The van der Waals surface area contributed by atoms with Crippen LogP contribution in [0.5, 0.6) is 5.75 Å². The third kappa shape index (κ3) is 2.82. The fourth-order valence-electron chi connectivity index (χ4n) is 1.52. The van der Waals surface area contributed by atoms with Crippen molar-refractivity contribution in [2.45, 2.75) is 0 Å². The number of carbonyl (C=O) groups is 1. The largest absolute Gasteiger partial charge is 0.508 e. The highest BCUT2D eigenvalue weighted by Crippen LogP contribution is 2.23. The van der Waals surface area contributed by atoms with Gasteiger partial charge in [-0.1, -0.05) is 12.1 Å². The minimum absolute atomic E-state index is 0.110. The zero-order chi connectivity index (χ0) is 13.0. The Hall–Kier alpha value is -2.43. The lowest BCUT2D eigenvalue weighted by molar-refractivity contribution is -0.140. The number of aromatic hydroxyl groups is 1. The summed E-state index contributed by atoms with van der Waals surface area (Å²) in [6, 6.07) is 6.69. The standard InChI is InChI=1S/C13H13NO4/c1-17-13(16)9-14-5-6-18-12(8-14)10-3-2-4-11(15)7-10/h2-8,15H,9H2,1H3. The third-order valence-electron chi connectivity index (χ3n) is 2.40. The van der Waals surface area contributed by atoms with Gasteiger partial charge in [0.2, 0.25) is 0 Å². The van der Waals surface area contributed by atoms with E-state index >= 15 is 0 Å². The Balaban J connectivity index is 2.16. The molecular weight excluding hydrogens is 234 g/mol. The summed E-state index contributed by atoms with van der Waals surface area (Å²) in [5.74, 6) is 0.372. The van der Waals surface area contributed by atoms with Crippen molar-refractivity contribution < 1.29 is 19.4 Å². The number of ether oxygens (including phenoxy) is 2. The maximum atomic E-state index is 11.2. The number of hydrogen-bond donors (Lipinski definition) is 1. The van der Waals surface area contributed by atoms with Gasteiger partial charge in [-0.15, -0.1) is 0 Å². The van der Waals surface area contributed by atoms with Crippen molar-refractivity contribution in [3.8, 4) is 5.75 Å². The van der Waals surface area contributed by atoms with Gasteiger partial charge in [0.25, 0.3) is 0 Å². The van der Waals surface area contributed by atoms with Gasteiger partial charge in [0, 0.05) is 18.0 Å². The average Bonchev–Trinajstić information content (AvgIpc) is 2.39. The molecule has 0 saturated carbocycles. The van der Waals surface area contributed by atoms with Gasteiger partial charge >= 0.3 is 5.97 Å². The molecule has 0 unspecified atom stereocenters. The molecule has 5 nitrogen and oxygen atoms in total. The van der Waals surface area contributed by atoms with E-state index in [-0.39, 0.29) is 18.3 Å². The predicted octanol–water partition coefficient (Wildman–Crippen LogP) is 1.67. The van der Waals surface area contributed by atoms with Crippen LogP contribution in [-0.4, -0.2) is 29.6 Å². The van der Waals surface area contributed by atoms with Gasteiger partial charge < -0.3 is 19.5 Å². The molecule has 0 amide bonds. The van der Waals surface area contributed by atoms with Crippen LogP contribution < -0.4 is 0 Å². The van der Waals surface area contributed by atoms with Gasteiger partial charge in [-0.25, -0.2) is 0 Å². The monoisotopic (exact) mass is 247 g/mol. The van der Waals surface area contributed by atoms with Crippen LogP contribution in [0.2, 0.25) is 0 Å². The first kappa shape index (κ1) is 12.0. The van der Waals surface area contributed by atoms with E-state index in [1.54, 1.807) is 41.6 Å². The number of methoxy groups -OCH3 is 1. The number of rotatable bonds is 3. The SMILES string of the molecule is COC(=O)CN1C=COC(c2cccc(O)c2)=C1. The van der Waals surface area contributed by atoms with Crippen LogP contribution in [0.3, 0.4) is 0 Å². The average molecular weight is 247 g/mol. The summed E-state index contributed by atoms with van der Waals surface area (Å²) < 4.78 is 9.93. The highest BCUT2D eigenvalue weighted by molar-refractivity contribution is 5.72. The van der Waals surface area contributed by atoms with Gasteiger partial charge in [0.15, 0.2) is 0 Å². The summed E-state index contributed by atoms with van der Waals surface area (Å²) in [5.41, 5.74) is 0.731. The zero-order valence-corrected chi connectivity index (χ0v) is 9.87. The molecule has 2 rings (SSSR count). The Labute approximate surface area is 105 Å². The number of carbonyl (C=O) groups excluding carboxylic acids is 1. The lowest BCUT2D eigenvalue weighted by Crippen LogP contribution is -2.23. The second-order valence-corrected chi connectivity index (χ2v) is 3.70. The third-order valence-corrected chi connectivity index (χ3v) is 2.40. The quantitative estimate of drug-likeness (QED) is 0.823. The number of benzene rings is 1. The van der Waals surface area contributed by atoms with Crippen molar-refractivity contribution in [1.82, 2.24) is 4.90 Å². The second kappa shape index (κ2) is 5.27. The van der Waals surface area contributed by atoms with E-state index < -0.39 is 0 Å². The molecule has 0 atom stereocenters. The van der Waals surface area contributed by atoms with Crippen LogP contribution >= 0.6 is 0 Å². The number of hydrogen-bond acceptors (Lipinski definition) is 5. The summed E-state index contributed by atoms with van der Waals surface area (Å²) in [5, 5.41) is 9.40. The van der Waals surface area contributed by atoms with Crippen LogP contribution in [0.15, 0.2) is 42.9 Å². The van der Waals surface area contributed by atoms with Crippen molar-refractivity contribution >= 4 is 11.7 Å². The Morgan fingerprint density at radius 1 is 1.50 bits per heavy atom. The fourth-order valence-corrected chi connectivity index (χ4v) is 1.52. The summed E-state index contributed by atoms with van der Waals surface area (Å²) in [4.78, 5) is 12.8. The minimum Gasteiger partial charge on any atom is -0.508 e.